The first-order chi connectivity index (χ1) is 10.1. The van der Waals surface area contributed by atoms with Gasteiger partial charge in [-0.3, -0.25) is 4.90 Å². The third-order valence-electron chi connectivity index (χ3n) is 4.96. The zero-order valence-electron chi connectivity index (χ0n) is 14.2. The molecule has 5 heteroatoms. The molecule has 1 amide bonds. The second-order valence-corrected chi connectivity index (χ2v) is 12.4. The maximum absolute atomic E-state index is 11.6. The second kappa shape index (κ2) is 6.05. The van der Waals surface area contributed by atoms with E-state index in [-0.39, 0.29) is 17.2 Å². The normalized spacial score (nSPS) is 22.9. The van der Waals surface area contributed by atoms with E-state index in [0.717, 1.165) is 12.0 Å². The van der Waals surface area contributed by atoms with Gasteiger partial charge in [-0.1, -0.05) is 51.1 Å². The van der Waals surface area contributed by atoms with Crippen LogP contribution in [-0.4, -0.2) is 37.1 Å². The molecule has 4 nitrogen and oxygen atoms in total. The van der Waals surface area contributed by atoms with E-state index in [0.29, 0.717) is 6.54 Å². The van der Waals surface area contributed by atoms with E-state index in [9.17, 15) is 9.90 Å². The lowest BCUT2D eigenvalue weighted by Gasteiger charge is -2.38. The number of benzene rings is 1. The van der Waals surface area contributed by atoms with Gasteiger partial charge >= 0.3 is 6.09 Å². The second-order valence-electron chi connectivity index (χ2n) is 7.60. The van der Waals surface area contributed by atoms with Gasteiger partial charge in [-0.2, -0.15) is 0 Å². The maximum atomic E-state index is 11.6. The van der Waals surface area contributed by atoms with Crippen LogP contribution in [0.4, 0.5) is 4.79 Å². The van der Waals surface area contributed by atoms with Crippen molar-refractivity contribution in [3.05, 3.63) is 35.9 Å². The molecule has 1 aliphatic heterocycles. The Bertz CT molecular complexity index is 524. The van der Waals surface area contributed by atoms with Gasteiger partial charge in [0.2, 0.25) is 0 Å². The minimum Gasteiger partial charge on any atom is -0.465 e. The molecule has 1 aliphatic rings. The van der Waals surface area contributed by atoms with Crippen LogP contribution in [0.15, 0.2) is 30.3 Å². The molecular weight excluding hydrogens is 294 g/mol. The van der Waals surface area contributed by atoms with Crippen LogP contribution < -0.4 is 0 Å². The molecule has 0 spiro atoms. The average Bonchev–Trinajstić information content (AvgIpc) is 2.82. The molecule has 1 N–H and O–H groups in total. The molecule has 2 rings (SSSR count). The Hall–Kier alpha value is -1.33. The number of likely N-dealkylation sites (tertiary alicyclic amines) is 1. The summed E-state index contributed by atoms with van der Waals surface area (Å²) in [6.07, 6.45) is -0.139. The van der Waals surface area contributed by atoms with E-state index < -0.39 is 14.4 Å². The molecule has 0 saturated carbocycles. The fraction of sp³-hybridized carbons (Fsp3) is 0.588. The Kier molecular flexibility index (Phi) is 4.68. The van der Waals surface area contributed by atoms with Crippen molar-refractivity contribution in [1.82, 2.24) is 4.90 Å². The largest absolute Gasteiger partial charge is 0.465 e. The summed E-state index contributed by atoms with van der Waals surface area (Å²) in [6.45, 7) is 11.5. The van der Waals surface area contributed by atoms with E-state index in [1.807, 2.05) is 30.3 Å². The minimum atomic E-state index is -1.88. The summed E-state index contributed by atoms with van der Waals surface area (Å²) in [5.41, 5.74) is 1.05. The van der Waals surface area contributed by atoms with Crippen LogP contribution in [0.1, 0.15) is 38.8 Å². The Labute approximate surface area is 134 Å². The van der Waals surface area contributed by atoms with E-state index >= 15 is 0 Å². The van der Waals surface area contributed by atoms with Crippen molar-refractivity contribution in [1.29, 1.82) is 0 Å². The molecule has 2 atom stereocenters. The molecule has 0 aromatic heterocycles. The standard InChI is InChI=1S/C17H27NO3Si/c1-17(2,3)22(4,5)21-14-11-15(18(12-14)16(19)20)13-9-7-6-8-10-13/h6-10,14-15H,11-12H2,1-5H3,(H,19,20)/t14-,15-/m0/s1. The number of rotatable bonds is 3. The molecule has 1 heterocycles. The summed E-state index contributed by atoms with van der Waals surface area (Å²) in [5.74, 6) is 0. The van der Waals surface area contributed by atoms with Crippen LogP contribution >= 0.6 is 0 Å². The summed E-state index contributed by atoms with van der Waals surface area (Å²) in [7, 11) is -1.88. The quantitative estimate of drug-likeness (QED) is 0.834. The molecule has 0 aliphatic carbocycles. The topological polar surface area (TPSA) is 49.8 Å². The average molecular weight is 321 g/mol. The van der Waals surface area contributed by atoms with Gasteiger partial charge in [0.15, 0.2) is 8.32 Å². The summed E-state index contributed by atoms with van der Waals surface area (Å²) in [6, 6.07) is 9.75. The molecule has 0 radical (unpaired) electrons. The van der Waals surface area contributed by atoms with Gasteiger partial charge < -0.3 is 9.53 Å². The van der Waals surface area contributed by atoms with Crippen molar-refractivity contribution in [3.8, 4) is 0 Å². The first-order valence-electron chi connectivity index (χ1n) is 7.84. The predicted molar refractivity (Wildman–Crippen MR) is 90.6 cm³/mol. The van der Waals surface area contributed by atoms with Crippen molar-refractivity contribution in [2.75, 3.05) is 6.54 Å². The lowest BCUT2D eigenvalue weighted by atomic mass is 10.0. The molecule has 1 saturated heterocycles. The highest BCUT2D eigenvalue weighted by Crippen LogP contribution is 2.41. The van der Waals surface area contributed by atoms with Crippen molar-refractivity contribution in [3.63, 3.8) is 0 Å². The Balaban J connectivity index is 2.17. The van der Waals surface area contributed by atoms with Crippen LogP contribution in [0.25, 0.3) is 0 Å². The fourth-order valence-corrected chi connectivity index (χ4v) is 4.04. The van der Waals surface area contributed by atoms with Crippen molar-refractivity contribution >= 4 is 14.4 Å². The van der Waals surface area contributed by atoms with Crippen molar-refractivity contribution in [2.24, 2.45) is 0 Å². The van der Waals surface area contributed by atoms with Gasteiger partial charge in [0.1, 0.15) is 0 Å². The summed E-state index contributed by atoms with van der Waals surface area (Å²) < 4.78 is 6.43. The smallest absolute Gasteiger partial charge is 0.407 e. The molecule has 1 fully saturated rings. The van der Waals surface area contributed by atoms with Gasteiger partial charge in [-0.25, -0.2) is 4.79 Å². The SMILES string of the molecule is CC(C)(C)[Si](C)(C)O[C@H]1C[C@@H](c2ccccc2)N(C(=O)O)C1. The molecule has 1 aromatic carbocycles. The van der Waals surface area contributed by atoms with Crippen molar-refractivity contribution < 1.29 is 14.3 Å². The first kappa shape index (κ1) is 17.0. The van der Waals surface area contributed by atoms with Gasteiger partial charge in [0.05, 0.1) is 12.1 Å². The van der Waals surface area contributed by atoms with E-state index in [1.165, 1.54) is 4.90 Å². The van der Waals surface area contributed by atoms with E-state index in [2.05, 4.69) is 33.9 Å². The Morgan fingerprint density at radius 1 is 1.27 bits per heavy atom. The molecule has 0 unspecified atom stereocenters. The monoisotopic (exact) mass is 321 g/mol. The zero-order chi connectivity index (χ0) is 16.5. The maximum Gasteiger partial charge on any atom is 0.407 e. The summed E-state index contributed by atoms with van der Waals surface area (Å²) >= 11 is 0. The lowest BCUT2D eigenvalue weighted by Crippen LogP contribution is -2.44. The van der Waals surface area contributed by atoms with Crippen LogP contribution in [0.3, 0.4) is 0 Å². The van der Waals surface area contributed by atoms with E-state index in [1.54, 1.807) is 0 Å². The Morgan fingerprint density at radius 2 is 1.86 bits per heavy atom. The third kappa shape index (κ3) is 3.52. The van der Waals surface area contributed by atoms with E-state index in [4.69, 9.17) is 4.43 Å². The Morgan fingerprint density at radius 3 is 2.36 bits per heavy atom. The number of hydrogen-bond donors (Lipinski definition) is 1. The first-order valence-corrected chi connectivity index (χ1v) is 10.7. The highest BCUT2D eigenvalue weighted by molar-refractivity contribution is 6.74. The molecule has 0 bridgehead atoms. The number of amides is 1. The predicted octanol–water partition coefficient (Wildman–Crippen LogP) is 4.50. The summed E-state index contributed by atoms with van der Waals surface area (Å²) in [4.78, 5) is 13.1. The zero-order valence-corrected chi connectivity index (χ0v) is 15.2. The molecule has 22 heavy (non-hydrogen) atoms. The number of hydrogen-bond acceptors (Lipinski definition) is 2. The summed E-state index contributed by atoms with van der Waals surface area (Å²) in [5, 5.41) is 9.63. The van der Waals surface area contributed by atoms with Crippen LogP contribution in [0.2, 0.25) is 18.1 Å². The van der Waals surface area contributed by atoms with Gasteiger partial charge in [-0.15, -0.1) is 0 Å². The van der Waals surface area contributed by atoms with Gasteiger partial charge in [0, 0.05) is 6.54 Å². The fourth-order valence-electron chi connectivity index (χ4n) is 2.68. The van der Waals surface area contributed by atoms with Gasteiger partial charge in [-0.05, 0) is 30.1 Å². The number of carboxylic acid groups (broad SMARTS) is 1. The highest BCUT2D eigenvalue weighted by Gasteiger charge is 2.43. The lowest BCUT2D eigenvalue weighted by molar-refractivity contribution is 0.132. The molecular formula is C17H27NO3Si. The van der Waals surface area contributed by atoms with Crippen LogP contribution in [0.5, 0.6) is 0 Å². The molecule has 1 aromatic rings. The molecule has 122 valence electrons. The number of nitrogens with zero attached hydrogens (tertiary/aromatic N) is 1. The minimum absolute atomic E-state index is 0.0119. The number of carbonyl (C=O) groups is 1. The van der Waals surface area contributed by atoms with Crippen molar-refractivity contribution in [2.45, 2.75) is 57.5 Å². The third-order valence-corrected chi connectivity index (χ3v) is 9.50. The highest BCUT2D eigenvalue weighted by atomic mass is 28.4. The van der Waals surface area contributed by atoms with Crippen LogP contribution in [0, 0.1) is 0 Å². The van der Waals surface area contributed by atoms with Crippen LogP contribution in [-0.2, 0) is 4.43 Å². The van der Waals surface area contributed by atoms with Gasteiger partial charge in [0.25, 0.3) is 0 Å².